The molecule has 0 aliphatic carbocycles. The third kappa shape index (κ3) is 8.42. The highest BCUT2D eigenvalue weighted by molar-refractivity contribution is 5.98. The quantitative estimate of drug-likeness (QED) is 0.173. The van der Waals surface area contributed by atoms with Crippen molar-refractivity contribution < 1.29 is 46.2 Å². The fourth-order valence-electron chi connectivity index (χ4n) is 8.15. The summed E-state index contributed by atoms with van der Waals surface area (Å²) in [6.07, 6.45) is 1.33. The summed E-state index contributed by atoms with van der Waals surface area (Å²) >= 11 is 0. The molecule has 0 saturated carbocycles. The van der Waals surface area contributed by atoms with Gasteiger partial charge in [0.25, 0.3) is 0 Å². The minimum absolute atomic E-state index is 0.0757. The van der Waals surface area contributed by atoms with Crippen molar-refractivity contribution >= 4 is 11.0 Å². The van der Waals surface area contributed by atoms with E-state index in [0.29, 0.717) is 28.3 Å². The molecule has 2 aromatic heterocycles. The maximum atomic E-state index is 13.1. The van der Waals surface area contributed by atoms with E-state index in [2.05, 4.69) is 4.98 Å². The molecule has 65 heavy (non-hydrogen) atoms. The van der Waals surface area contributed by atoms with Crippen molar-refractivity contribution in [1.82, 2.24) is 14.5 Å². The second kappa shape index (κ2) is 16.5. The van der Waals surface area contributed by atoms with Crippen molar-refractivity contribution in [2.45, 2.75) is 84.8 Å². The lowest BCUT2D eigenvalue weighted by Crippen LogP contribution is -2.17. The molecule has 0 radical (unpaired) electrons. The van der Waals surface area contributed by atoms with E-state index in [4.69, 9.17) is 46.1 Å². The molecule has 0 bridgehead atoms. The fraction of sp³-hybridized carbons (Fsp3) is 0.213. The molecule has 0 aliphatic heterocycles. The summed E-state index contributed by atoms with van der Waals surface area (Å²) in [7, 11) is 0. The van der Waals surface area contributed by atoms with E-state index in [1.54, 1.807) is 78.9 Å². The molecule has 7 aromatic carbocycles. The number of imidazole rings is 1. The highest BCUT2D eigenvalue weighted by atomic mass is 16.3. The predicted molar refractivity (Wildman–Crippen MR) is 274 cm³/mol. The van der Waals surface area contributed by atoms with Gasteiger partial charge in [-0.15, -0.1) is 0 Å². The van der Waals surface area contributed by atoms with Crippen LogP contribution in [0.2, 0.25) is 0 Å². The largest absolute Gasteiger partial charge is 0.507 e. The second-order valence-corrected chi connectivity index (χ2v) is 15.9. The van der Waals surface area contributed by atoms with E-state index in [1.807, 2.05) is 0 Å². The van der Waals surface area contributed by atoms with Crippen molar-refractivity contribution in [3.05, 3.63) is 192 Å². The summed E-state index contributed by atoms with van der Waals surface area (Å²) < 4.78 is 263. The number of aromatic nitrogens is 3. The van der Waals surface area contributed by atoms with Crippen molar-refractivity contribution in [1.29, 1.82) is 0 Å². The fourth-order valence-corrected chi connectivity index (χ4v) is 8.15. The van der Waals surface area contributed by atoms with Gasteiger partial charge in [-0.2, -0.15) is 0 Å². The van der Waals surface area contributed by atoms with Gasteiger partial charge in [0.2, 0.25) is 0 Å². The minimum atomic E-state index is -4.32. The first kappa shape index (κ1) is 20.4. The lowest BCUT2D eigenvalue weighted by molar-refractivity contribution is 0.446. The molecule has 324 valence electrons. The number of rotatable bonds is 7. The van der Waals surface area contributed by atoms with Gasteiger partial charge in [-0.25, -0.2) is 4.98 Å². The summed E-state index contributed by atoms with van der Waals surface area (Å²) in [6, 6.07) is 39.6. The maximum absolute atomic E-state index is 13.1. The zero-order chi connectivity index (χ0) is 70.8. The number of pyridine rings is 1. The van der Waals surface area contributed by atoms with Crippen molar-refractivity contribution in [3.8, 4) is 78.6 Å². The van der Waals surface area contributed by atoms with Crippen LogP contribution in [0.5, 0.6) is 5.75 Å². The van der Waals surface area contributed by atoms with Gasteiger partial charge in [0.05, 0.1) is 28.0 Å². The highest BCUT2D eigenvalue weighted by Gasteiger charge is 2.29. The standard InChI is InChI=1S/C61H59N3O/c1-39-32-42(40-20-13-11-14-21-40)28-29-54(39)64-55-27-19-25-49(56(55)63-58(64)50-37-47(59(2,3)4)38-52(57(50)65)61(8,9)10)45-33-44(41-22-15-12-16-23-41)34-46(35-45)53-36-43(30-31-62-53)48-24-17-18-26-51(48)60(5,6)7/h11-38,65H,1-10H3/i1D3,2D3,3D3,4D3,5D3,6D3,7D3,8D3,9D3,10D3. The Kier molecular flexibility index (Phi) is 5.19. The predicted octanol–water partition coefficient (Wildman–Crippen LogP) is 16.3. The number of para-hydroxylation sites is 1. The average Bonchev–Trinajstić information content (AvgIpc) is 0.921. The van der Waals surface area contributed by atoms with Crippen LogP contribution in [0.4, 0.5) is 0 Å². The summed E-state index contributed by atoms with van der Waals surface area (Å²) in [5.41, 5.74) is -14.9. The number of nitrogens with zero attached hydrogens (tertiary/aromatic N) is 3. The summed E-state index contributed by atoms with van der Waals surface area (Å²) in [5, 5.41) is 13.1. The van der Waals surface area contributed by atoms with Crippen LogP contribution in [0.3, 0.4) is 0 Å². The Labute approximate surface area is 427 Å². The molecule has 0 atom stereocenters. The maximum Gasteiger partial charge on any atom is 0.149 e. The normalized spacial score (nSPS) is 21.0. The van der Waals surface area contributed by atoms with Crippen LogP contribution in [0.15, 0.2) is 170 Å². The summed E-state index contributed by atoms with van der Waals surface area (Å²) in [6.45, 7) is -39.5. The smallest absolute Gasteiger partial charge is 0.149 e. The van der Waals surface area contributed by atoms with Gasteiger partial charge in [-0.1, -0.05) is 171 Å². The Balaban J connectivity index is 1.47. The molecule has 0 fully saturated rings. The molecule has 0 spiro atoms. The number of aromatic hydroxyl groups is 1. The number of hydrogen-bond acceptors (Lipinski definition) is 3. The molecule has 9 rings (SSSR count). The summed E-state index contributed by atoms with van der Waals surface area (Å²) in [5.74, 6) is -2.36. The zero-order valence-corrected chi connectivity index (χ0v) is 34.5. The Bertz CT molecular complexity index is 4240. The number of fused-ring (bicyclic) bond motifs is 1. The first-order valence-electron chi connectivity index (χ1n) is 35.3. The average molecular weight is 880 g/mol. The summed E-state index contributed by atoms with van der Waals surface area (Å²) in [4.78, 5) is 9.65. The van der Waals surface area contributed by atoms with Crippen LogP contribution >= 0.6 is 0 Å². The first-order chi connectivity index (χ1) is 43.4. The van der Waals surface area contributed by atoms with Gasteiger partial charge in [-0.05, 0) is 133 Å². The zero-order valence-electron chi connectivity index (χ0n) is 64.5. The minimum Gasteiger partial charge on any atom is -0.507 e. The van der Waals surface area contributed by atoms with Crippen LogP contribution in [-0.4, -0.2) is 19.6 Å². The van der Waals surface area contributed by atoms with E-state index in [9.17, 15) is 5.11 Å². The monoisotopic (exact) mass is 880 g/mol. The Morgan fingerprint density at radius 1 is 0.477 bits per heavy atom. The molecule has 4 heteroatoms. The molecule has 0 aliphatic rings. The van der Waals surface area contributed by atoms with Gasteiger partial charge in [0.1, 0.15) is 11.6 Å². The molecule has 1 N–H and O–H groups in total. The SMILES string of the molecule is [2H]C([2H])([2H])c1cc(-c2ccccc2)ccc1-n1c(-c2cc(C(C([2H])([2H])[2H])(C([2H])([2H])[2H])C([2H])([2H])[2H])cc(C(C([2H])([2H])[2H])(C([2H])([2H])[2H])C([2H])([2H])[2H])c2O)nc2c(-c3cc(-c4ccccc4)cc(-c4cc(-c5ccccc5C(C([2H])([2H])[2H])(C([2H])([2H])[2H])C([2H])([2H])[2H])ccn4)c3)cccc21. The van der Waals surface area contributed by atoms with Crippen molar-refractivity contribution in [3.63, 3.8) is 0 Å². The van der Waals surface area contributed by atoms with E-state index in [0.717, 1.165) is 10.6 Å². The van der Waals surface area contributed by atoms with E-state index in [-0.39, 0.29) is 56.3 Å². The lowest BCUT2D eigenvalue weighted by atomic mass is 9.79. The number of benzene rings is 7. The Morgan fingerprint density at radius 2 is 1.12 bits per heavy atom. The van der Waals surface area contributed by atoms with Crippen molar-refractivity contribution in [2.75, 3.05) is 0 Å². The van der Waals surface area contributed by atoms with Crippen LogP contribution in [0, 0.1) is 6.85 Å². The number of aryl methyl sites for hydroxylation is 1. The molecule has 0 amide bonds. The van der Waals surface area contributed by atoms with Gasteiger partial charge in [-0.3, -0.25) is 9.55 Å². The van der Waals surface area contributed by atoms with Crippen molar-refractivity contribution in [2.24, 2.45) is 0 Å². The van der Waals surface area contributed by atoms with Crippen LogP contribution in [0.1, 0.15) is 125 Å². The molecule has 4 nitrogen and oxygen atoms in total. The Hall–Kier alpha value is -7.04. The Morgan fingerprint density at radius 3 is 1.85 bits per heavy atom. The van der Waals surface area contributed by atoms with E-state index in [1.165, 1.54) is 72.9 Å². The molecule has 2 heterocycles. The van der Waals surface area contributed by atoms with Crippen LogP contribution in [-0.2, 0) is 16.2 Å². The van der Waals surface area contributed by atoms with Gasteiger partial charge < -0.3 is 5.11 Å². The number of hydrogen-bond donors (Lipinski definition) is 1. The first-order valence-corrected chi connectivity index (χ1v) is 20.3. The highest BCUT2D eigenvalue weighted by Crippen LogP contribution is 2.45. The molecular formula is C61H59N3O. The number of phenols is 1. The molecular weight excluding hydrogens is 791 g/mol. The van der Waals surface area contributed by atoms with E-state index < -0.39 is 124 Å². The topological polar surface area (TPSA) is 50.9 Å². The van der Waals surface area contributed by atoms with Gasteiger partial charge in [0.15, 0.2) is 0 Å². The van der Waals surface area contributed by atoms with Gasteiger partial charge in [0, 0.05) is 64.0 Å². The third-order valence-electron chi connectivity index (χ3n) is 11.3. The number of phenolic OH excluding ortho intramolecular Hbond substituents is 1. The van der Waals surface area contributed by atoms with Gasteiger partial charge >= 0.3 is 0 Å². The van der Waals surface area contributed by atoms with Crippen LogP contribution in [0.25, 0.3) is 83.9 Å². The molecule has 0 saturated heterocycles. The molecule has 9 aromatic rings. The van der Waals surface area contributed by atoms with Crippen LogP contribution < -0.4 is 0 Å². The lowest BCUT2D eigenvalue weighted by Gasteiger charge is -2.27. The van der Waals surface area contributed by atoms with E-state index >= 15 is 0 Å². The third-order valence-corrected chi connectivity index (χ3v) is 11.3. The second-order valence-electron chi connectivity index (χ2n) is 15.9. The molecule has 0 unspecified atom stereocenters.